The van der Waals surface area contributed by atoms with Crippen molar-refractivity contribution in [3.05, 3.63) is 12.0 Å². The number of rotatable bonds is 2. The van der Waals surface area contributed by atoms with Crippen LogP contribution in [0.4, 0.5) is 5.82 Å². The highest BCUT2D eigenvalue weighted by molar-refractivity contribution is 5.95. The van der Waals surface area contributed by atoms with Crippen LogP contribution in [0.1, 0.15) is 23.8 Å². The third-order valence-corrected chi connectivity index (χ3v) is 3.21. The van der Waals surface area contributed by atoms with Gasteiger partial charge in [0.25, 0.3) is 11.8 Å². The van der Waals surface area contributed by atoms with Gasteiger partial charge < -0.3 is 32.2 Å². The summed E-state index contributed by atoms with van der Waals surface area (Å²) in [6.07, 6.45) is -0.558. The van der Waals surface area contributed by atoms with Crippen LogP contribution in [-0.2, 0) is 10.6 Å². The van der Waals surface area contributed by atoms with Gasteiger partial charge >= 0.3 is 0 Å². The molecule has 8 N–H and O–H groups in total. The molecule has 1 saturated heterocycles. The lowest BCUT2D eigenvalue weighted by Gasteiger charge is -2.42. The number of hydrogen-bond donors (Lipinski definition) is 5. The zero-order chi connectivity index (χ0) is 14.4. The summed E-state index contributed by atoms with van der Waals surface area (Å²) < 4.78 is 6.41. The molecule has 2 heterocycles. The van der Waals surface area contributed by atoms with E-state index in [0.29, 0.717) is 0 Å². The van der Waals surface area contributed by atoms with Crippen LogP contribution in [0.15, 0.2) is 6.33 Å². The molecule has 1 aliphatic heterocycles. The number of nitrogens with two attached hydrogens (primary N) is 3. The predicted octanol–water partition coefficient (Wildman–Crippen LogP) is -2.34. The quantitative estimate of drug-likeness (QED) is 0.402. The number of ether oxygens (including phenoxy) is 1. The Morgan fingerprint density at radius 1 is 1.68 bits per heavy atom. The maximum atomic E-state index is 11.1. The minimum atomic E-state index is -1.87. The first-order valence-electron chi connectivity index (χ1n) is 5.73. The molecule has 9 heteroatoms. The fraction of sp³-hybridized carbons (Fsp3) is 0.600. The van der Waals surface area contributed by atoms with Crippen molar-refractivity contribution in [2.24, 2.45) is 11.5 Å². The predicted molar refractivity (Wildman–Crippen MR) is 64.5 cm³/mol. The van der Waals surface area contributed by atoms with Gasteiger partial charge in [0.05, 0.1) is 12.2 Å². The molecule has 9 nitrogen and oxygen atoms in total. The fourth-order valence-corrected chi connectivity index (χ4v) is 2.17. The number of aromatic nitrogens is 2. The van der Waals surface area contributed by atoms with Crippen molar-refractivity contribution in [2.75, 3.05) is 5.73 Å². The van der Waals surface area contributed by atoms with Gasteiger partial charge in [0.1, 0.15) is 12.1 Å². The topological polar surface area (TPSA) is 163 Å². The molecule has 1 fully saturated rings. The highest BCUT2D eigenvalue weighted by Crippen LogP contribution is 2.33. The van der Waals surface area contributed by atoms with Crippen molar-refractivity contribution in [1.82, 2.24) is 9.55 Å². The van der Waals surface area contributed by atoms with E-state index in [9.17, 15) is 15.0 Å². The lowest BCUT2D eigenvalue weighted by atomic mass is 9.98. The molecular weight excluding hydrogens is 254 g/mol. The number of hydrogen-bond acceptors (Lipinski definition) is 7. The zero-order valence-electron chi connectivity index (χ0n) is 10.4. The molecule has 106 valence electrons. The van der Waals surface area contributed by atoms with Crippen LogP contribution >= 0.6 is 0 Å². The molecule has 4 atom stereocenters. The molecule has 1 aliphatic rings. The summed E-state index contributed by atoms with van der Waals surface area (Å²) in [5, 5.41) is 20.2. The van der Waals surface area contributed by atoms with E-state index in [0.717, 1.165) is 10.9 Å². The normalized spacial score (nSPS) is 35.3. The van der Waals surface area contributed by atoms with Gasteiger partial charge in [0.15, 0.2) is 5.69 Å². The van der Waals surface area contributed by atoms with E-state index >= 15 is 0 Å². The van der Waals surface area contributed by atoms with Crippen LogP contribution in [0.5, 0.6) is 0 Å². The Balaban J connectivity index is 2.38. The van der Waals surface area contributed by atoms with Gasteiger partial charge in [-0.25, -0.2) is 4.98 Å². The Kier molecular flexibility index (Phi) is 3.22. The second-order valence-electron chi connectivity index (χ2n) is 4.64. The van der Waals surface area contributed by atoms with Crippen LogP contribution in [0.2, 0.25) is 0 Å². The minimum absolute atomic E-state index is 0.0999. The van der Waals surface area contributed by atoms with Crippen molar-refractivity contribution in [3.8, 4) is 0 Å². The molecule has 0 aromatic carbocycles. The summed E-state index contributed by atoms with van der Waals surface area (Å²) in [6.45, 7) is 1.57. The van der Waals surface area contributed by atoms with E-state index in [2.05, 4.69) is 4.98 Å². The van der Waals surface area contributed by atoms with Crippen LogP contribution in [0.3, 0.4) is 0 Å². The van der Waals surface area contributed by atoms with E-state index in [-0.39, 0.29) is 17.9 Å². The average molecular weight is 271 g/mol. The molecule has 1 amide bonds. The molecule has 1 unspecified atom stereocenters. The molecule has 0 radical (unpaired) electrons. The van der Waals surface area contributed by atoms with E-state index in [1.165, 1.54) is 0 Å². The van der Waals surface area contributed by atoms with Crippen molar-refractivity contribution >= 4 is 11.7 Å². The second-order valence-corrected chi connectivity index (χ2v) is 4.64. The third kappa shape index (κ3) is 2.16. The Labute approximate surface area is 109 Å². The monoisotopic (exact) mass is 271 g/mol. The van der Waals surface area contributed by atoms with E-state index < -0.39 is 30.1 Å². The van der Waals surface area contributed by atoms with Gasteiger partial charge in [-0.3, -0.25) is 9.36 Å². The number of nitrogen functional groups attached to an aromatic ring is 1. The fourth-order valence-electron chi connectivity index (χ4n) is 2.17. The Morgan fingerprint density at radius 3 is 2.79 bits per heavy atom. The lowest BCUT2D eigenvalue weighted by molar-refractivity contribution is -0.325. The summed E-state index contributed by atoms with van der Waals surface area (Å²) in [7, 11) is 0. The number of imidazole rings is 1. The van der Waals surface area contributed by atoms with Gasteiger partial charge in [-0.1, -0.05) is 0 Å². The van der Waals surface area contributed by atoms with E-state index in [4.69, 9.17) is 21.9 Å². The largest absolute Gasteiger partial charge is 0.389 e. The maximum Gasteiger partial charge on any atom is 0.271 e. The van der Waals surface area contributed by atoms with Crippen LogP contribution < -0.4 is 17.2 Å². The zero-order valence-corrected chi connectivity index (χ0v) is 10.4. The van der Waals surface area contributed by atoms with E-state index in [1.807, 2.05) is 0 Å². The number of amides is 1. The van der Waals surface area contributed by atoms with Crippen LogP contribution in [0.25, 0.3) is 0 Å². The first kappa shape index (κ1) is 13.7. The molecule has 1 aromatic rings. The molecule has 0 aliphatic carbocycles. The summed E-state index contributed by atoms with van der Waals surface area (Å²) in [4.78, 5) is 14.8. The SMILES string of the molecule is C[C@@H]1OC(O)(n2cnc(C(N)=O)c2N)C[C@@H](N)[C@H]1O. The Bertz CT molecular complexity index is 490. The van der Waals surface area contributed by atoms with Crippen molar-refractivity contribution < 1.29 is 19.7 Å². The summed E-state index contributed by atoms with van der Waals surface area (Å²) in [6, 6.07) is -0.701. The van der Waals surface area contributed by atoms with Crippen LogP contribution in [-0.4, -0.2) is 43.9 Å². The number of nitrogens with zero attached hydrogens (tertiary/aromatic N) is 2. The molecule has 1 aromatic heterocycles. The molecule has 2 rings (SSSR count). The summed E-state index contributed by atoms with van der Waals surface area (Å²) in [5.41, 5.74) is 16.4. The van der Waals surface area contributed by atoms with Gasteiger partial charge in [-0.05, 0) is 6.92 Å². The second kappa shape index (κ2) is 4.46. The highest BCUT2D eigenvalue weighted by atomic mass is 16.7. The number of carbonyl (C=O) groups is 1. The van der Waals surface area contributed by atoms with Crippen molar-refractivity contribution in [2.45, 2.75) is 37.5 Å². The molecule has 0 saturated carbocycles. The standard InChI is InChI=1S/C10H17N5O4/c1-4-7(16)5(11)2-10(18,19-4)15-3-14-6(8(15)12)9(13)17/h3-5,7,16,18H,2,11-12H2,1H3,(H2,13,17)/t4-,5+,7-,10?/m0/s1. The Hall–Kier alpha value is -1.68. The van der Waals surface area contributed by atoms with Gasteiger partial charge in [-0.2, -0.15) is 0 Å². The minimum Gasteiger partial charge on any atom is -0.389 e. The third-order valence-electron chi connectivity index (χ3n) is 3.21. The van der Waals surface area contributed by atoms with Gasteiger partial charge in [0, 0.05) is 12.5 Å². The summed E-state index contributed by atoms with van der Waals surface area (Å²) >= 11 is 0. The number of aliphatic hydroxyl groups is 2. The van der Waals surface area contributed by atoms with E-state index in [1.54, 1.807) is 6.92 Å². The first-order chi connectivity index (χ1) is 8.76. The molecule has 19 heavy (non-hydrogen) atoms. The number of anilines is 1. The maximum absolute atomic E-state index is 11.1. The van der Waals surface area contributed by atoms with Crippen LogP contribution in [0, 0.1) is 0 Å². The molecular formula is C10H17N5O4. The molecule has 0 bridgehead atoms. The first-order valence-corrected chi connectivity index (χ1v) is 5.73. The smallest absolute Gasteiger partial charge is 0.271 e. The van der Waals surface area contributed by atoms with Crippen molar-refractivity contribution in [3.63, 3.8) is 0 Å². The number of primary amides is 1. The van der Waals surface area contributed by atoms with Gasteiger partial charge in [-0.15, -0.1) is 0 Å². The summed E-state index contributed by atoms with van der Waals surface area (Å²) in [5.74, 6) is -2.80. The Morgan fingerprint density at radius 2 is 2.32 bits per heavy atom. The highest BCUT2D eigenvalue weighted by Gasteiger charge is 2.45. The molecule has 0 spiro atoms. The lowest BCUT2D eigenvalue weighted by Crippen LogP contribution is -2.57. The van der Waals surface area contributed by atoms with Gasteiger partial charge in [0.2, 0.25) is 0 Å². The average Bonchev–Trinajstić information content (AvgIpc) is 2.68. The number of carbonyl (C=O) groups excluding carboxylic acids is 1. The van der Waals surface area contributed by atoms with Crippen molar-refractivity contribution in [1.29, 1.82) is 0 Å². The number of aliphatic hydroxyl groups excluding tert-OH is 1.